The first-order chi connectivity index (χ1) is 20.4. The van der Waals surface area contributed by atoms with Crippen LogP contribution in [0.4, 0.5) is 18.0 Å². The molecule has 4 rings (SSSR count). The van der Waals surface area contributed by atoms with Crippen molar-refractivity contribution in [3.63, 3.8) is 0 Å². The number of ether oxygens (including phenoxy) is 1. The first-order valence-electron chi connectivity index (χ1n) is 14.6. The minimum absolute atomic E-state index is 0.0748. The highest BCUT2D eigenvalue weighted by atomic mass is 35.5. The highest BCUT2D eigenvalue weighted by Crippen LogP contribution is 2.53. The van der Waals surface area contributed by atoms with Crippen molar-refractivity contribution >= 4 is 47.0 Å². The molecule has 2 amide bonds. The molecule has 6 nitrogen and oxygen atoms in total. The molecule has 2 aliphatic rings. The van der Waals surface area contributed by atoms with Gasteiger partial charge in [-0.1, -0.05) is 53.5 Å². The highest BCUT2D eigenvalue weighted by molar-refractivity contribution is 7.99. The molecule has 1 unspecified atom stereocenters. The molecular formula is C32H40Cl2F3N3O3S. The number of hydrogen-bond acceptors (Lipinski definition) is 5. The first kappa shape index (κ1) is 34.7. The molecule has 1 spiro atoms. The summed E-state index contributed by atoms with van der Waals surface area (Å²) in [6.45, 7) is 7.16. The van der Waals surface area contributed by atoms with Crippen molar-refractivity contribution < 1.29 is 27.5 Å². The fourth-order valence-corrected chi connectivity index (χ4v) is 7.95. The number of amides is 2. The van der Waals surface area contributed by atoms with Gasteiger partial charge in [0.15, 0.2) is 0 Å². The van der Waals surface area contributed by atoms with Crippen LogP contribution < -0.4 is 0 Å². The Morgan fingerprint density at radius 1 is 1.02 bits per heavy atom. The standard InChI is InChI=1S/C32H40Cl2F3N3O3S/c1-29(2,3)43-28(42)39(5)30(23-10-11-25(33)26(34)18-23,21-38(4)27(41)19-32(35,36)37)12-15-40-16-13-31(14-17-40)24-9-7-6-8-22(24)20-44-31/h6-11,18H,12-17,19-21H2,1-5H3. The number of piperidine rings is 1. The van der Waals surface area contributed by atoms with Crippen LogP contribution in [0.5, 0.6) is 0 Å². The molecule has 0 aromatic heterocycles. The Kier molecular flexibility index (Phi) is 10.5. The second-order valence-corrected chi connectivity index (χ2v) is 14.9. The number of nitrogens with zero attached hydrogens (tertiary/aromatic N) is 3. The molecule has 0 aliphatic carbocycles. The van der Waals surface area contributed by atoms with Crippen molar-refractivity contribution in [2.45, 2.75) is 74.3 Å². The van der Waals surface area contributed by atoms with Crippen LogP contribution in [0, 0.1) is 0 Å². The summed E-state index contributed by atoms with van der Waals surface area (Å²) in [6.07, 6.45) is -4.72. The van der Waals surface area contributed by atoms with Crippen molar-refractivity contribution in [1.82, 2.24) is 14.7 Å². The van der Waals surface area contributed by atoms with Crippen LogP contribution in [0.15, 0.2) is 42.5 Å². The summed E-state index contributed by atoms with van der Waals surface area (Å²) in [7, 11) is 2.87. The topological polar surface area (TPSA) is 53.1 Å². The number of benzene rings is 2. The fraction of sp³-hybridized carbons (Fsp3) is 0.562. The summed E-state index contributed by atoms with van der Waals surface area (Å²) in [5, 5.41) is 0.522. The van der Waals surface area contributed by atoms with Crippen LogP contribution in [0.25, 0.3) is 0 Å². The SMILES string of the molecule is CN(CC(CCN1CCC2(CC1)SCc1ccccc12)(c1ccc(Cl)c(Cl)c1)N(C)C(=O)OC(C)(C)C)C(=O)CC(F)(F)F. The third-order valence-corrected chi connectivity index (χ3v) is 10.9. The predicted molar refractivity (Wildman–Crippen MR) is 170 cm³/mol. The largest absolute Gasteiger partial charge is 0.444 e. The molecular weight excluding hydrogens is 634 g/mol. The van der Waals surface area contributed by atoms with Gasteiger partial charge < -0.3 is 14.5 Å². The van der Waals surface area contributed by atoms with Gasteiger partial charge in [0.2, 0.25) is 5.91 Å². The lowest BCUT2D eigenvalue weighted by atomic mass is 9.83. The molecule has 242 valence electrons. The Balaban J connectivity index is 1.65. The molecule has 2 heterocycles. The fourth-order valence-electron chi connectivity index (χ4n) is 6.14. The lowest BCUT2D eigenvalue weighted by Crippen LogP contribution is -2.57. The van der Waals surface area contributed by atoms with Gasteiger partial charge >= 0.3 is 12.3 Å². The molecule has 0 radical (unpaired) electrons. The summed E-state index contributed by atoms with van der Waals surface area (Å²) in [6, 6.07) is 13.5. The molecule has 0 bridgehead atoms. The van der Waals surface area contributed by atoms with Gasteiger partial charge in [-0.25, -0.2) is 4.79 Å². The second-order valence-electron chi connectivity index (χ2n) is 12.8. The number of alkyl halides is 3. The van der Waals surface area contributed by atoms with Gasteiger partial charge in [0, 0.05) is 37.7 Å². The minimum atomic E-state index is -4.67. The number of fused-ring (bicyclic) bond motifs is 2. The molecule has 2 aromatic carbocycles. The lowest BCUT2D eigenvalue weighted by molar-refractivity contribution is -0.161. The van der Waals surface area contributed by atoms with E-state index in [1.807, 2.05) is 11.8 Å². The third-order valence-electron chi connectivity index (χ3n) is 8.56. The van der Waals surface area contributed by atoms with E-state index in [4.69, 9.17) is 27.9 Å². The number of rotatable bonds is 8. The third kappa shape index (κ3) is 7.98. The van der Waals surface area contributed by atoms with Crippen LogP contribution in [-0.2, 0) is 25.6 Å². The van der Waals surface area contributed by atoms with Crippen LogP contribution in [-0.4, -0.2) is 78.8 Å². The van der Waals surface area contributed by atoms with Crippen molar-refractivity contribution in [1.29, 1.82) is 0 Å². The smallest absolute Gasteiger partial charge is 0.410 e. The summed E-state index contributed by atoms with van der Waals surface area (Å²) >= 11 is 14.7. The first-order valence-corrected chi connectivity index (χ1v) is 16.4. The second kappa shape index (κ2) is 13.3. The molecule has 44 heavy (non-hydrogen) atoms. The predicted octanol–water partition coefficient (Wildman–Crippen LogP) is 8.09. The Labute approximate surface area is 272 Å². The van der Waals surface area contributed by atoms with Gasteiger partial charge in [0.1, 0.15) is 12.0 Å². The van der Waals surface area contributed by atoms with Gasteiger partial charge in [-0.3, -0.25) is 9.69 Å². The maximum atomic E-state index is 13.6. The number of likely N-dealkylation sites (tertiary alicyclic amines) is 1. The molecule has 2 aliphatic heterocycles. The number of halogens is 5. The zero-order chi connectivity index (χ0) is 32.5. The van der Waals surface area contributed by atoms with E-state index in [0.29, 0.717) is 23.6 Å². The Hall–Kier alpha value is -2.14. The molecule has 0 N–H and O–H groups in total. The van der Waals surface area contributed by atoms with Crippen molar-refractivity contribution in [3.05, 3.63) is 69.2 Å². The molecule has 1 fully saturated rings. The number of carbonyl (C=O) groups is 2. The van der Waals surface area contributed by atoms with Crippen LogP contribution in [0.1, 0.15) is 63.1 Å². The Morgan fingerprint density at radius 3 is 2.30 bits per heavy atom. The van der Waals surface area contributed by atoms with Gasteiger partial charge in [0.05, 0.1) is 15.6 Å². The molecule has 12 heteroatoms. The van der Waals surface area contributed by atoms with Crippen LogP contribution in [0.2, 0.25) is 10.0 Å². The van der Waals surface area contributed by atoms with E-state index >= 15 is 0 Å². The summed E-state index contributed by atoms with van der Waals surface area (Å²) in [5.74, 6) is -0.105. The van der Waals surface area contributed by atoms with Crippen molar-refractivity contribution in [2.24, 2.45) is 0 Å². The Morgan fingerprint density at radius 2 is 1.68 bits per heavy atom. The molecule has 1 saturated heterocycles. The zero-order valence-electron chi connectivity index (χ0n) is 25.8. The van der Waals surface area contributed by atoms with Gasteiger partial charge in [-0.15, -0.1) is 11.8 Å². The van der Waals surface area contributed by atoms with Crippen LogP contribution in [0.3, 0.4) is 0 Å². The monoisotopic (exact) mass is 673 g/mol. The summed E-state index contributed by atoms with van der Waals surface area (Å²) in [4.78, 5) is 31.1. The molecule has 0 saturated carbocycles. The van der Waals surface area contributed by atoms with Gasteiger partial charge in [-0.05, 0) is 81.9 Å². The number of thioether (sulfide) groups is 1. The lowest BCUT2D eigenvalue weighted by Gasteiger charge is -2.46. The van der Waals surface area contributed by atoms with E-state index in [2.05, 4.69) is 29.2 Å². The van der Waals surface area contributed by atoms with Gasteiger partial charge in [0.25, 0.3) is 0 Å². The number of carbonyl (C=O) groups excluding carboxylic acids is 2. The Bertz CT molecular complexity index is 1360. The highest BCUT2D eigenvalue weighted by Gasteiger charge is 2.46. The van der Waals surface area contributed by atoms with E-state index in [1.165, 1.54) is 23.1 Å². The zero-order valence-corrected chi connectivity index (χ0v) is 28.1. The maximum absolute atomic E-state index is 13.6. The summed E-state index contributed by atoms with van der Waals surface area (Å²) < 4.78 is 45.5. The maximum Gasteiger partial charge on any atom is 0.410 e. The normalized spacial score (nSPS) is 18.0. The average Bonchev–Trinajstić information content (AvgIpc) is 3.29. The molecule has 2 aromatic rings. The van der Waals surface area contributed by atoms with Gasteiger partial charge in [-0.2, -0.15) is 13.2 Å². The van der Waals surface area contributed by atoms with Crippen molar-refractivity contribution in [2.75, 3.05) is 40.3 Å². The van der Waals surface area contributed by atoms with E-state index in [1.54, 1.807) is 46.0 Å². The summed E-state index contributed by atoms with van der Waals surface area (Å²) in [5.41, 5.74) is 1.22. The van der Waals surface area contributed by atoms with Crippen molar-refractivity contribution in [3.8, 4) is 0 Å². The quantitative estimate of drug-likeness (QED) is 0.284. The van der Waals surface area contributed by atoms with E-state index in [0.717, 1.165) is 36.6 Å². The number of hydrogen-bond donors (Lipinski definition) is 0. The van der Waals surface area contributed by atoms with Crippen LogP contribution >= 0.6 is 35.0 Å². The van der Waals surface area contributed by atoms with E-state index in [9.17, 15) is 22.8 Å². The average molecular weight is 675 g/mol. The number of likely N-dealkylation sites (N-methyl/N-ethyl adjacent to an activating group) is 2. The van der Waals surface area contributed by atoms with E-state index in [-0.39, 0.29) is 16.3 Å². The molecule has 1 atom stereocenters. The minimum Gasteiger partial charge on any atom is -0.444 e. The van der Waals surface area contributed by atoms with E-state index < -0.39 is 35.7 Å².